The van der Waals surface area contributed by atoms with Crippen molar-refractivity contribution in [2.24, 2.45) is 26.9 Å². The van der Waals surface area contributed by atoms with Crippen LogP contribution in [0.4, 0.5) is 0 Å². The Labute approximate surface area is 107 Å². The van der Waals surface area contributed by atoms with Crippen molar-refractivity contribution in [1.29, 1.82) is 0 Å². The first-order chi connectivity index (χ1) is 8.49. The van der Waals surface area contributed by atoms with Gasteiger partial charge in [-0.2, -0.15) is 0 Å². The number of fused-ring (bicyclic) bond motifs is 1. The van der Waals surface area contributed by atoms with E-state index in [1.807, 2.05) is 0 Å². The van der Waals surface area contributed by atoms with E-state index in [4.69, 9.17) is 5.73 Å². The summed E-state index contributed by atoms with van der Waals surface area (Å²) in [5.41, 5.74) is 5.58. The number of rotatable bonds is 3. The van der Waals surface area contributed by atoms with Gasteiger partial charge >= 0.3 is 5.69 Å². The monoisotopic (exact) mass is 269 g/mol. The van der Waals surface area contributed by atoms with Gasteiger partial charge in [0.25, 0.3) is 5.56 Å². The summed E-state index contributed by atoms with van der Waals surface area (Å²) >= 11 is 1.47. The van der Waals surface area contributed by atoms with E-state index >= 15 is 0 Å². The lowest BCUT2D eigenvalue weighted by Crippen LogP contribution is -2.37. The minimum absolute atomic E-state index is 0.331. The maximum absolute atomic E-state index is 12.1. The Balaban J connectivity index is 2.80. The molecule has 0 aromatic carbocycles. The minimum Gasteiger partial charge on any atom is -0.330 e. The molecule has 0 bridgehead atoms. The van der Waals surface area contributed by atoms with Crippen LogP contribution < -0.4 is 17.0 Å². The van der Waals surface area contributed by atoms with Crippen LogP contribution in [-0.4, -0.2) is 31.0 Å². The van der Waals surface area contributed by atoms with E-state index in [0.29, 0.717) is 28.6 Å². The molecule has 0 aliphatic heterocycles. The summed E-state index contributed by atoms with van der Waals surface area (Å²) in [5.74, 6) is 0.714. The molecule has 0 saturated carbocycles. The average molecular weight is 269 g/mol. The molecule has 0 aliphatic carbocycles. The first kappa shape index (κ1) is 12.9. The molecule has 2 N–H and O–H groups in total. The highest BCUT2D eigenvalue weighted by Gasteiger charge is 2.16. The standard InChI is InChI=1S/C10H15N5O2S/c1-13-6-7(12-9(13)18-5-4-11)14(2)10(17)15(3)8(6)16/h4-5,11H2,1-3H3. The van der Waals surface area contributed by atoms with Crippen molar-refractivity contribution in [2.45, 2.75) is 5.16 Å². The molecule has 0 saturated heterocycles. The molecule has 2 heterocycles. The number of nitrogens with zero attached hydrogens (tertiary/aromatic N) is 4. The molecule has 0 spiro atoms. The summed E-state index contributed by atoms with van der Waals surface area (Å²) in [7, 11) is 4.83. The second-order valence-electron chi connectivity index (χ2n) is 3.97. The molecule has 0 radical (unpaired) electrons. The van der Waals surface area contributed by atoms with Crippen LogP contribution in [0.25, 0.3) is 11.2 Å². The quantitative estimate of drug-likeness (QED) is 0.724. The van der Waals surface area contributed by atoms with Crippen LogP contribution in [0, 0.1) is 0 Å². The van der Waals surface area contributed by atoms with Crippen molar-refractivity contribution in [1.82, 2.24) is 18.7 Å². The van der Waals surface area contributed by atoms with Crippen LogP contribution in [-0.2, 0) is 21.1 Å². The van der Waals surface area contributed by atoms with Crippen molar-refractivity contribution in [2.75, 3.05) is 12.3 Å². The molecule has 2 rings (SSSR count). The number of nitrogens with two attached hydrogens (primary N) is 1. The number of thioether (sulfide) groups is 1. The van der Waals surface area contributed by atoms with E-state index < -0.39 is 0 Å². The lowest BCUT2D eigenvalue weighted by molar-refractivity contribution is 0.705. The SMILES string of the molecule is Cn1c(=O)c2c(nc(SCCN)n2C)n(C)c1=O. The lowest BCUT2D eigenvalue weighted by atomic mass is 10.5. The first-order valence-corrected chi connectivity index (χ1v) is 6.43. The van der Waals surface area contributed by atoms with Gasteiger partial charge < -0.3 is 10.3 Å². The Hall–Kier alpha value is -1.54. The third kappa shape index (κ3) is 1.77. The number of aromatic nitrogens is 4. The Kier molecular flexibility index (Phi) is 3.31. The number of hydrogen-bond acceptors (Lipinski definition) is 5. The molecule has 2 aromatic heterocycles. The topological polar surface area (TPSA) is 87.8 Å². The summed E-state index contributed by atoms with van der Waals surface area (Å²) in [6.45, 7) is 0.533. The fraction of sp³-hybridized carbons (Fsp3) is 0.500. The van der Waals surface area contributed by atoms with Crippen LogP contribution in [0.15, 0.2) is 14.7 Å². The number of hydrogen-bond donors (Lipinski definition) is 1. The molecule has 0 atom stereocenters. The molecule has 98 valence electrons. The Morgan fingerprint density at radius 2 is 1.83 bits per heavy atom. The number of aryl methyl sites for hydroxylation is 2. The Morgan fingerprint density at radius 1 is 1.17 bits per heavy atom. The van der Waals surface area contributed by atoms with Crippen molar-refractivity contribution in [3.8, 4) is 0 Å². The van der Waals surface area contributed by atoms with E-state index in [9.17, 15) is 9.59 Å². The third-order valence-corrected chi connectivity index (χ3v) is 3.85. The van der Waals surface area contributed by atoms with Gasteiger partial charge in [-0.3, -0.25) is 13.9 Å². The lowest BCUT2D eigenvalue weighted by Gasteiger charge is -2.03. The van der Waals surface area contributed by atoms with Gasteiger partial charge in [0.15, 0.2) is 16.3 Å². The van der Waals surface area contributed by atoms with Crippen molar-refractivity contribution in [3.63, 3.8) is 0 Å². The molecule has 7 nitrogen and oxygen atoms in total. The average Bonchev–Trinajstić information content (AvgIpc) is 2.69. The van der Waals surface area contributed by atoms with Gasteiger partial charge in [-0.1, -0.05) is 11.8 Å². The molecular formula is C10H15N5O2S. The van der Waals surface area contributed by atoms with Crippen molar-refractivity contribution < 1.29 is 0 Å². The fourth-order valence-electron chi connectivity index (χ4n) is 1.78. The highest BCUT2D eigenvalue weighted by molar-refractivity contribution is 7.99. The fourth-order valence-corrected chi connectivity index (χ4v) is 2.51. The molecule has 0 amide bonds. The largest absolute Gasteiger partial charge is 0.332 e. The zero-order valence-corrected chi connectivity index (χ0v) is 11.3. The first-order valence-electron chi connectivity index (χ1n) is 5.44. The number of imidazole rings is 1. The summed E-state index contributed by atoms with van der Waals surface area (Å²) in [6, 6.07) is 0. The molecular weight excluding hydrogens is 254 g/mol. The van der Waals surface area contributed by atoms with E-state index in [1.165, 1.54) is 23.4 Å². The zero-order valence-electron chi connectivity index (χ0n) is 10.5. The van der Waals surface area contributed by atoms with Crippen molar-refractivity contribution >= 4 is 22.9 Å². The smallest absolute Gasteiger partial charge is 0.330 e. The predicted octanol–water partition coefficient (Wildman–Crippen LogP) is -0.978. The molecule has 18 heavy (non-hydrogen) atoms. The summed E-state index contributed by atoms with van der Waals surface area (Å²) in [6.07, 6.45) is 0. The summed E-state index contributed by atoms with van der Waals surface area (Å²) < 4.78 is 4.17. The van der Waals surface area contributed by atoms with Gasteiger partial charge in [0.2, 0.25) is 0 Å². The molecule has 0 fully saturated rings. The maximum atomic E-state index is 12.1. The van der Waals surface area contributed by atoms with Gasteiger partial charge in [-0.15, -0.1) is 0 Å². The zero-order chi connectivity index (χ0) is 13.4. The van der Waals surface area contributed by atoms with Crippen molar-refractivity contribution in [3.05, 3.63) is 20.8 Å². The third-order valence-electron chi connectivity index (χ3n) is 2.78. The molecule has 8 heteroatoms. The van der Waals surface area contributed by atoms with Crippen LogP contribution in [0.1, 0.15) is 0 Å². The normalized spacial score (nSPS) is 11.3. The van der Waals surface area contributed by atoms with Crippen LogP contribution in [0.2, 0.25) is 0 Å². The van der Waals surface area contributed by atoms with Gasteiger partial charge in [-0.25, -0.2) is 9.78 Å². The molecule has 0 aliphatic rings. The second-order valence-corrected chi connectivity index (χ2v) is 5.03. The Bertz CT molecular complexity index is 712. The molecule has 0 unspecified atom stereocenters. The van der Waals surface area contributed by atoms with Gasteiger partial charge in [-0.05, 0) is 0 Å². The van der Waals surface area contributed by atoms with E-state index in [1.54, 1.807) is 18.7 Å². The van der Waals surface area contributed by atoms with E-state index in [2.05, 4.69) is 4.98 Å². The highest BCUT2D eigenvalue weighted by Crippen LogP contribution is 2.19. The second kappa shape index (κ2) is 4.62. The minimum atomic E-state index is -0.374. The van der Waals surface area contributed by atoms with Crippen LogP contribution >= 0.6 is 11.8 Å². The maximum Gasteiger partial charge on any atom is 0.332 e. The van der Waals surface area contributed by atoms with E-state index in [-0.39, 0.29) is 11.2 Å². The predicted molar refractivity (Wildman–Crippen MR) is 71.0 cm³/mol. The molecule has 2 aromatic rings. The van der Waals surface area contributed by atoms with Crippen LogP contribution in [0.5, 0.6) is 0 Å². The summed E-state index contributed by atoms with van der Waals surface area (Å²) in [4.78, 5) is 28.2. The van der Waals surface area contributed by atoms with Gasteiger partial charge in [0.1, 0.15) is 0 Å². The van der Waals surface area contributed by atoms with Crippen LogP contribution in [0.3, 0.4) is 0 Å². The van der Waals surface area contributed by atoms with Gasteiger partial charge in [0.05, 0.1) is 0 Å². The highest BCUT2D eigenvalue weighted by atomic mass is 32.2. The Morgan fingerprint density at radius 3 is 2.44 bits per heavy atom. The van der Waals surface area contributed by atoms with Gasteiger partial charge in [0, 0.05) is 33.4 Å². The van der Waals surface area contributed by atoms with E-state index in [0.717, 1.165) is 4.57 Å². The summed E-state index contributed by atoms with van der Waals surface area (Å²) in [5, 5.41) is 0.689.